The Morgan fingerprint density at radius 3 is 1.41 bits per heavy atom. The lowest BCUT2D eigenvalue weighted by atomic mass is 9.95. The molecule has 0 spiro atoms. The second-order valence-corrected chi connectivity index (χ2v) is 12.6. The van der Waals surface area contributed by atoms with Gasteiger partial charge in [-0.15, -0.1) is 0 Å². The highest BCUT2D eigenvalue weighted by atomic mass is 16.3. The van der Waals surface area contributed by atoms with Crippen LogP contribution in [0.4, 0.5) is 11.4 Å². The van der Waals surface area contributed by atoms with Crippen molar-refractivity contribution in [2.45, 2.75) is 51.0 Å². The summed E-state index contributed by atoms with van der Waals surface area (Å²) in [5.74, 6) is -2.27. The summed E-state index contributed by atoms with van der Waals surface area (Å²) >= 11 is 0. The topological polar surface area (TPSA) is 186 Å². The summed E-state index contributed by atoms with van der Waals surface area (Å²) in [4.78, 5) is 51.1. The van der Waals surface area contributed by atoms with Gasteiger partial charge in [-0.3, -0.25) is 24.3 Å². The zero-order valence-electron chi connectivity index (χ0n) is 28.6. The zero-order valence-corrected chi connectivity index (χ0v) is 28.6. The smallest absolute Gasteiger partial charge is 0.256 e. The van der Waals surface area contributed by atoms with E-state index in [1.165, 1.54) is 27.7 Å². The van der Waals surface area contributed by atoms with E-state index in [-0.39, 0.29) is 0 Å². The molecule has 12 nitrogen and oxygen atoms in total. The van der Waals surface area contributed by atoms with Gasteiger partial charge in [0.1, 0.15) is 12.1 Å². The molecule has 5 rings (SSSR count). The standard InChI is InChI=1S/C39H40N6O6/c1-24(40-36(48)38(3,50)28-11-7-5-8-12-28)34(46)42-30-19-15-26(16-20-30)32-23-33(45-44-32)27-17-21-31(22-18-27)43-35(47)25(2)41-37(49)39(4,51)29-13-9-6-10-14-29/h5-25,50-51H,1-4H3,(H,40,48)(H,41,49)(H,42,46)(H,43,47)(H,44,45)/t24-,25-,38+,39+/m0/s1. The van der Waals surface area contributed by atoms with E-state index in [0.29, 0.717) is 28.2 Å². The third-order valence-electron chi connectivity index (χ3n) is 8.53. The lowest BCUT2D eigenvalue weighted by Gasteiger charge is -2.25. The summed E-state index contributed by atoms with van der Waals surface area (Å²) in [7, 11) is 0. The van der Waals surface area contributed by atoms with Gasteiger partial charge in [-0.2, -0.15) is 5.10 Å². The van der Waals surface area contributed by atoms with Crippen molar-refractivity contribution >= 4 is 35.0 Å². The molecule has 0 unspecified atom stereocenters. The second kappa shape index (κ2) is 15.2. The Morgan fingerprint density at radius 1 is 0.608 bits per heavy atom. The molecule has 0 aliphatic heterocycles. The minimum Gasteiger partial charge on any atom is -0.376 e. The maximum Gasteiger partial charge on any atom is 0.256 e. The number of anilines is 2. The summed E-state index contributed by atoms with van der Waals surface area (Å²) in [6, 6.07) is 31.2. The zero-order chi connectivity index (χ0) is 36.8. The molecule has 0 aliphatic carbocycles. The first-order chi connectivity index (χ1) is 24.3. The Bertz CT molecular complexity index is 1850. The molecule has 0 fully saturated rings. The number of nitrogens with one attached hydrogen (secondary N) is 5. The van der Waals surface area contributed by atoms with Crippen LogP contribution >= 0.6 is 0 Å². The Kier molecular flexibility index (Phi) is 10.8. The molecule has 0 saturated carbocycles. The van der Waals surface area contributed by atoms with Crippen molar-refractivity contribution in [1.29, 1.82) is 0 Å². The monoisotopic (exact) mass is 688 g/mol. The number of hydrogen-bond acceptors (Lipinski definition) is 7. The van der Waals surface area contributed by atoms with Crippen LogP contribution in [0.3, 0.4) is 0 Å². The number of H-pyrrole nitrogens is 1. The molecule has 1 aromatic heterocycles. The van der Waals surface area contributed by atoms with Gasteiger partial charge in [0.15, 0.2) is 11.2 Å². The van der Waals surface area contributed by atoms with E-state index in [0.717, 1.165) is 16.8 Å². The van der Waals surface area contributed by atoms with E-state index >= 15 is 0 Å². The fourth-order valence-electron chi connectivity index (χ4n) is 5.17. The number of carbonyl (C=O) groups is 4. The Labute approximate surface area is 295 Å². The van der Waals surface area contributed by atoms with Crippen LogP contribution in [0.5, 0.6) is 0 Å². The molecule has 0 radical (unpaired) electrons. The fraction of sp³-hybridized carbons (Fsp3) is 0.205. The molecule has 4 amide bonds. The van der Waals surface area contributed by atoms with Crippen LogP contribution in [0.25, 0.3) is 22.5 Å². The summed E-state index contributed by atoms with van der Waals surface area (Å²) in [6.07, 6.45) is 0. The number of aromatic amines is 1. The second-order valence-electron chi connectivity index (χ2n) is 12.6. The van der Waals surface area contributed by atoms with Crippen LogP contribution in [0, 0.1) is 0 Å². The lowest BCUT2D eigenvalue weighted by molar-refractivity contribution is -0.141. The minimum atomic E-state index is -1.80. The largest absolute Gasteiger partial charge is 0.376 e. The fourth-order valence-corrected chi connectivity index (χ4v) is 5.17. The third-order valence-corrected chi connectivity index (χ3v) is 8.53. The summed E-state index contributed by atoms with van der Waals surface area (Å²) in [5.41, 5.74) is 1.28. The maximum atomic E-state index is 12.8. The first-order valence-electron chi connectivity index (χ1n) is 16.3. The van der Waals surface area contributed by atoms with Gasteiger partial charge in [-0.1, -0.05) is 84.9 Å². The number of benzene rings is 4. The van der Waals surface area contributed by atoms with Crippen LogP contribution in [-0.4, -0.2) is 56.1 Å². The highest BCUT2D eigenvalue weighted by Gasteiger charge is 2.35. The molecule has 0 saturated heterocycles. The number of rotatable bonds is 12. The normalized spacial score (nSPS) is 14.5. The van der Waals surface area contributed by atoms with Gasteiger partial charge in [0.05, 0.1) is 11.4 Å². The molecule has 1 heterocycles. The van der Waals surface area contributed by atoms with Crippen LogP contribution in [0.2, 0.25) is 0 Å². The SMILES string of the molecule is C[C@H](NC(=O)[C@](C)(O)c1ccccc1)C(=O)Nc1ccc(-c2cc(-c3ccc(NC(=O)[C@H](C)NC(=O)[C@](C)(O)c4ccccc4)cc3)[nH]n2)cc1. The minimum absolute atomic E-state index is 0.415. The van der Waals surface area contributed by atoms with Crippen LogP contribution in [0.15, 0.2) is 115 Å². The van der Waals surface area contributed by atoms with Gasteiger partial charge in [0.25, 0.3) is 11.8 Å². The maximum absolute atomic E-state index is 12.8. The molecule has 262 valence electrons. The van der Waals surface area contributed by atoms with Crippen LogP contribution < -0.4 is 21.3 Å². The van der Waals surface area contributed by atoms with Gasteiger partial charge in [0, 0.05) is 16.9 Å². The number of nitrogens with zero attached hydrogens (tertiary/aromatic N) is 1. The highest BCUT2D eigenvalue weighted by Crippen LogP contribution is 2.27. The van der Waals surface area contributed by atoms with Crippen molar-refractivity contribution < 1.29 is 29.4 Å². The van der Waals surface area contributed by atoms with Gasteiger partial charge in [0.2, 0.25) is 11.8 Å². The first kappa shape index (κ1) is 36.2. The molecular weight excluding hydrogens is 648 g/mol. The molecule has 0 bridgehead atoms. The molecule has 0 aliphatic rings. The van der Waals surface area contributed by atoms with Crippen LogP contribution in [-0.2, 0) is 30.4 Å². The van der Waals surface area contributed by atoms with Crippen molar-refractivity contribution in [3.8, 4) is 22.5 Å². The highest BCUT2D eigenvalue weighted by molar-refractivity contribution is 5.99. The summed E-state index contributed by atoms with van der Waals surface area (Å²) in [5, 5.41) is 39.6. The van der Waals surface area contributed by atoms with Crippen molar-refractivity contribution in [1.82, 2.24) is 20.8 Å². The Hall–Kier alpha value is -6.11. The molecule has 4 aromatic carbocycles. The average molecular weight is 689 g/mol. The third kappa shape index (κ3) is 8.55. The van der Waals surface area contributed by atoms with Gasteiger partial charge >= 0.3 is 0 Å². The van der Waals surface area contributed by atoms with E-state index < -0.39 is 46.9 Å². The van der Waals surface area contributed by atoms with Gasteiger partial charge in [-0.05, 0) is 74.7 Å². The van der Waals surface area contributed by atoms with Crippen molar-refractivity contribution in [2.24, 2.45) is 0 Å². The van der Waals surface area contributed by atoms with E-state index in [1.807, 2.05) is 18.2 Å². The van der Waals surface area contributed by atoms with Gasteiger partial charge < -0.3 is 31.5 Å². The molecule has 12 heteroatoms. The van der Waals surface area contributed by atoms with Gasteiger partial charge in [-0.25, -0.2) is 0 Å². The Balaban J connectivity index is 1.13. The predicted octanol–water partition coefficient (Wildman–Crippen LogP) is 4.45. The van der Waals surface area contributed by atoms with E-state index in [1.54, 1.807) is 97.1 Å². The summed E-state index contributed by atoms with van der Waals surface area (Å²) < 4.78 is 0. The van der Waals surface area contributed by atoms with E-state index in [9.17, 15) is 29.4 Å². The molecule has 4 atom stereocenters. The number of aromatic nitrogens is 2. The molecule has 5 aromatic rings. The molecule has 7 N–H and O–H groups in total. The molecular formula is C39H40N6O6. The lowest BCUT2D eigenvalue weighted by Crippen LogP contribution is -2.49. The molecule has 51 heavy (non-hydrogen) atoms. The van der Waals surface area contributed by atoms with Crippen molar-refractivity contribution in [3.05, 3.63) is 126 Å². The van der Waals surface area contributed by atoms with E-state index in [4.69, 9.17) is 0 Å². The summed E-state index contributed by atoms with van der Waals surface area (Å²) in [6.45, 7) is 5.83. The van der Waals surface area contributed by atoms with E-state index in [2.05, 4.69) is 31.5 Å². The predicted molar refractivity (Wildman–Crippen MR) is 194 cm³/mol. The van der Waals surface area contributed by atoms with Crippen molar-refractivity contribution in [2.75, 3.05) is 10.6 Å². The first-order valence-corrected chi connectivity index (χ1v) is 16.3. The Morgan fingerprint density at radius 2 is 1.00 bits per heavy atom. The number of carbonyl (C=O) groups excluding carboxylic acids is 4. The van der Waals surface area contributed by atoms with Crippen molar-refractivity contribution in [3.63, 3.8) is 0 Å². The quantitative estimate of drug-likeness (QED) is 0.101. The number of amides is 4. The number of aliphatic hydroxyl groups is 2. The average Bonchev–Trinajstić information content (AvgIpc) is 3.63. The number of hydrogen-bond donors (Lipinski definition) is 7. The van der Waals surface area contributed by atoms with Crippen LogP contribution in [0.1, 0.15) is 38.8 Å².